The van der Waals surface area contributed by atoms with E-state index in [1.807, 2.05) is 38.1 Å². The van der Waals surface area contributed by atoms with Gasteiger partial charge in [0.15, 0.2) is 0 Å². The molecule has 1 amide bonds. The Bertz CT molecular complexity index is 1320. The summed E-state index contributed by atoms with van der Waals surface area (Å²) < 4.78 is 3.26. The molecule has 160 valence electrons. The van der Waals surface area contributed by atoms with Crippen LogP contribution in [-0.4, -0.2) is 10.5 Å². The lowest BCUT2D eigenvalue weighted by Gasteiger charge is -2.10. The number of hydrogen-bond acceptors (Lipinski definition) is 4. The Kier molecular flexibility index (Phi) is 6.50. The Morgan fingerprint density at radius 3 is 2.59 bits per heavy atom. The minimum atomic E-state index is -0.485. The van der Waals surface area contributed by atoms with Crippen LogP contribution in [0.25, 0.3) is 11.8 Å². The number of fused-ring (bicyclic) bond motifs is 1. The van der Waals surface area contributed by atoms with Crippen molar-refractivity contribution in [1.29, 1.82) is 10.5 Å². The first-order valence-electron chi connectivity index (χ1n) is 10.4. The van der Waals surface area contributed by atoms with Crippen molar-refractivity contribution >= 4 is 50.9 Å². The van der Waals surface area contributed by atoms with Gasteiger partial charge in [-0.2, -0.15) is 10.5 Å². The molecule has 4 rings (SSSR count). The molecular formula is C25H21IN4OS. The van der Waals surface area contributed by atoms with E-state index >= 15 is 0 Å². The number of anilines is 1. The number of aryl methyl sites for hydroxylation is 2. The van der Waals surface area contributed by atoms with Crippen LogP contribution in [0.15, 0.2) is 35.9 Å². The Balaban J connectivity index is 1.64. The van der Waals surface area contributed by atoms with Gasteiger partial charge in [0.05, 0.1) is 5.56 Å². The van der Waals surface area contributed by atoms with E-state index < -0.39 is 5.91 Å². The van der Waals surface area contributed by atoms with Crippen molar-refractivity contribution in [1.82, 2.24) is 4.57 Å². The summed E-state index contributed by atoms with van der Waals surface area (Å²) in [6.45, 7) is 3.98. The predicted molar refractivity (Wildman–Crippen MR) is 136 cm³/mol. The van der Waals surface area contributed by atoms with Gasteiger partial charge in [0.2, 0.25) is 0 Å². The molecular weight excluding hydrogens is 531 g/mol. The van der Waals surface area contributed by atoms with E-state index in [2.05, 4.69) is 50.7 Å². The van der Waals surface area contributed by atoms with Gasteiger partial charge >= 0.3 is 0 Å². The van der Waals surface area contributed by atoms with Crippen molar-refractivity contribution in [2.24, 2.45) is 0 Å². The van der Waals surface area contributed by atoms with Gasteiger partial charge in [-0.25, -0.2) is 0 Å². The van der Waals surface area contributed by atoms with Crippen LogP contribution >= 0.6 is 33.9 Å². The van der Waals surface area contributed by atoms with Crippen molar-refractivity contribution in [3.63, 3.8) is 0 Å². The van der Waals surface area contributed by atoms with Gasteiger partial charge in [-0.15, -0.1) is 11.3 Å². The number of benzene rings is 1. The number of hydrogen-bond donors (Lipinski definition) is 1. The molecule has 2 aromatic heterocycles. The lowest BCUT2D eigenvalue weighted by Crippen LogP contribution is -2.13. The van der Waals surface area contributed by atoms with Crippen LogP contribution in [-0.2, 0) is 17.6 Å². The number of halogens is 1. The Labute approximate surface area is 205 Å². The number of nitrogens with one attached hydrogen (secondary N) is 1. The molecule has 3 aromatic rings. The maximum Gasteiger partial charge on any atom is 0.266 e. The molecule has 1 aliphatic rings. The average Bonchev–Trinajstić information content (AvgIpc) is 3.28. The number of nitriles is 2. The van der Waals surface area contributed by atoms with Gasteiger partial charge in [0, 0.05) is 25.5 Å². The fourth-order valence-corrected chi connectivity index (χ4v) is 5.76. The van der Waals surface area contributed by atoms with Crippen molar-refractivity contribution in [3.8, 4) is 17.8 Å². The highest BCUT2D eigenvalue weighted by Gasteiger charge is 2.23. The fraction of sp³-hybridized carbons (Fsp3) is 0.240. The number of carbonyl (C=O) groups is 1. The Morgan fingerprint density at radius 2 is 1.91 bits per heavy atom. The lowest BCUT2D eigenvalue weighted by molar-refractivity contribution is -0.112. The number of aromatic nitrogens is 1. The third-order valence-electron chi connectivity index (χ3n) is 5.73. The number of thiophene rings is 1. The Hall–Kier alpha value is -2.88. The molecule has 32 heavy (non-hydrogen) atoms. The second kappa shape index (κ2) is 9.32. The molecule has 1 N–H and O–H groups in total. The zero-order valence-corrected chi connectivity index (χ0v) is 20.8. The molecule has 5 nitrogen and oxygen atoms in total. The second-order valence-electron chi connectivity index (χ2n) is 7.79. The minimum absolute atomic E-state index is 0.0168. The summed E-state index contributed by atoms with van der Waals surface area (Å²) in [5.41, 5.74) is 5.45. The third kappa shape index (κ3) is 4.23. The van der Waals surface area contributed by atoms with E-state index in [-0.39, 0.29) is 5.57 Å². The summed E-state index contributed by atoms with van der Waals surface area (Å²) in [5, 5.41) is 22.7. The van der Waals surface area contributed by atoms with Crippen molar-refractivity contribution in [2.45, 2.75) is 39.5 Å². The SMILES string of the molecule is Cc1cc(/C=C(/C#N)C(=O)Nc2sc3c(c2C#N)CCCC3)c(C)n1-c1ccc(I)cc1. The molecule has 0 fully saturated rings. The van der Waals surface area contributed by atoms with Crippen molar-refractivity contribution < 1.29 is 4.79 Å². The van der Waals surface area contributed by atoms with Crippen LogP contribution in [0.5, 0.6) is 0 Å². The standard InChI is InChI=1S/C25H21IN4OS/c1-15-11-17(16(2)30(15)20-9-7-19(26)8-10-20)12-18(13-27)24(31)29-25-22(14-28)21-5-3-4-6-23(21)32-25/h7-12H,3-6H2,1-2H3,(H,29,31)/b18-12-. The normalized spacial score (nSPS) is 13.2. The summed E-state index contributed by atoms with van der Waals surface area (Å²) in [4.78, 5) is 14.1. The highest BCUT2D eigenvalue weighted by Crippen LogP contribution is 2.37. The molecule has 1 aromatic carbocycles. The van der Waals surface area contributed by atoms with E-state index in [1.54, 1.807) is 6.08 Å². The van der Waals surface area contributed by atoms with Crippen LogP contribution in [0, 0.1) is 40.1 Å². The highest BCUT2D eigenvalue weighted by molar-refractivity contribution is 14.1. The first-order chi connectivity index (χ1) is 15.4. The first-order valence-corrected chi connectivity index (χ1v) is 12.2. The summed E-state index contributed by atoms with van der Waals surface area (Å²) in [7, 11) is 0. The maximum absolute atomic E-state index is 12.9. The number of nitrogens with zero attached hydrogens (tertiary/aromatic N) is 3. The smallest absolute Gasteiger partial charge is 0.266 e. The summed E-state index contributed by atoms with van der Waals surface area (Å²) in [6, 6.07) is 14.5. The van der Waals surface area contributed by atoms with Crippen molar-refractivity contribution in [3.05, 3.63) is 72.4 Å². The molecule has 0 atom stereocenters. The zero-order chi connectivity index (χ0) is 22.8. The lowest BCUT2D eigenvalue weighted by atomic mass is 9.96. The van der Waals surface area contributed by atoms with Gasteiger partial charge in [-0.3, -0.25) is 4.79 Å². The van der Waals surface area contributed by atoms with Gasteiger partial charge in [0.1, 0.15) is 22.7 Å². The summed E-state index contributed by atoms with van der Waals surface area (Å²) >= 11 is 3.73. The van der Waals surface area contributed by atoms with Gasteiger partial charge in [-0.1, -0.05) is 0 Å². The number of rotatable bonds is 4. The molecule has 0 unspecified atom stereocenters. The monoisotopic (exact) mass is 552 g/mol. The molecule has 0 spiro atoms. The van der Waals surface area contributed by atoms with Crippen molar-refractivity contribution in [2.75, 3.05) is 5.32 Å². The molecule has 1 aliphatic carbocycles. The van der Waals surface area contributed by atoms with Crippen LogP contribution in [0.2, 0.25) is 0 Å². The van der Waals surface area contributed by atoms with Gasteiger partial charge in [0.25, 0.3) is 5.91 Å². The average molecular weight is 552 g/mol. The molecule has 0 bridgehead atoms. The van der Waals surface area contributed by atoms with E-state index in [4.69, 9.17) is 0 Å². The van der Waals surface area contributed by atoms with Crippen LogP contribution in [0.3, 0.4) is 0 Å². The van der Waals surface area contributed by atoms with Gasteiger partial charge < -0.3 is 9.88 Å². The first kappa shape index (κ1) is 22.3. The molecule has 0 aliphatic heterocycles. The second-order valence-corrected chi connectivity index (χ2v) is 10.1. The van der Waals surface area contributed by atoms with Gasteiger partial charge in [-0.05, 0) is 110 Å². The quantitative estimate of drug-likeness (QED) is 0.243. The summed E-state index contributed by atoms with van der Waals surface area (Å²) in [6.07, 6.45) is 5.60. The third-order valence-corrected chi connectivity index (χ3v) is 7.66. The summed E-state index contributed by atoms with van der Waals surface area (Å²) in [5.74, 6) is -0.485. The largest absolute Gasteiger partial charge is 0.318 e. The van der Waals surface area contributed by atoms with E-state index in [0.29, 0.717) is 10.6 Å². The van der Waals surface area contributed by atoms with Crippen LogP contribution in [0.1, 0.15) is 45.8 Å². The maximum atomic E-state index is 12.9. The van der Waals surface area contributed by atoms with Crippen LogP contribution in [0.4, 0.5) is 5.00 Å². The van der Waals surface area contributed by atoms with E-state index in [9.17, 15) is 15.3 Å². The molecule has 0 saturated carbocycles. The zero-order valence-electron chi connectivity index (χ0n) is 17.8. The van der Waals surface area contributed by atoms with E-state index in [1.165, 1.54) is 16.2 Å². The van der Waals surface area contributed by atoms with E-state index in [0.717, 1.165) is 57.5 Å². The fourth-order valence-electron chi connectivity index (χ4n) is 4.17. The highest BCUT2D eigenvalue weighted by atomic mass is 127. The number of carbonyl (C=O) groups excluding carboxylic acids is 1. The molecule has 2 heterocycles. The molecule has 7 heteroatoms. The predicted octanol–water partition coefficient (Wildman–Crippen LogP) is 6.06. The Morgan fingerprint density at radius 1 is 1.19 bits per heavy atom. The molecule has 0 saturated heterocycles. The topological polar surface area (TPSA) is 81.6 Å². The number of amides is 1. The molecule has 0 radical (unpaired) electrons. The minimum Gasteiger partial charge on any atom is -0.318 e. The van der Waals surface area contributed by atoms with Crippen LogP contribution < -0.4 is 5.32 Å².